The summed E-state index contributed by atoms with van der Waals surface area (Å²) in [6, 6.07) is 5.92. The van der Waals surface area contributed by atoms with Gasteiger partial charge in [-0.25, -0.2) is 14.5 Å². The molecule has 1 saturated heterocycles. The van der Waals surface area contributed by atoms with Crippen LogP contribution in [0.1, 0.15) is 12.5 Å². The predicted molar refractivity (Wildman–Crippen MR) is 79.3 cm³/mol. The van der Waals surface area contributed by atoms with Gasteiger partial charge in [-0.05, 0) is 17.7 Å². The Morgan fingerprint density at radius 1 is 1.36 bits per heavy atom. The van der Waals surface area contributed by atoms with Crippen molar-refractivity contribution in [3.05, 3.63) is 34.9 Å². The zero-order valence-electron chi connectivity index (χ0n) is 12.0. The summed E-state index contributed by atoms with van der Waals surface area (Å²) in [5.41, 5.74) is 0.861. The van der Waals surface area contributed by atoms with Crippen molar-refractivity contribution in [2.24, 2.45) is 5.92 Å². The second-order valence-corrected chi connectivity index (χ2v) is 5.53. The second kappa shape index (κ2) is 6.65. The predicted octanol–water partition coefficient (Wildman–Crippen LogP) is 1.97. The van der Waals surface area contributed by atoms with Crippen LogP contribution in [0.3, 0.4) is 0 Å². The molecule has 1 aliphatic heterocycles. The fraction of sp³-hybridized carbons (Fsp3) is 0.357. The summed E-state index contributed by atoms with van der Waals surface area (Å²) in [5.74, 6) is -1.89. The molecule has 1 aromatic rings. The highest BCUT2D eigenvalue weighted by molar-refractivity contribution is 6.30. The van der Waals surface area contributed by atoms with Crippen LogP contribution in [0, 0.1) is 5.92 Å². The maximum Gasteiger partial charge on any atom is 0.329 e. The van der Waals surface area contributed by atoms with E-state index < -0.39 is 23.9 Å². The van der Waals surface area contributed by atoms with Gasteiger partial charge in [-0.3, -0.25) is 4.79 Å². The zero-order valence-corrected chi connectivity index (χ0v) is 12.7. The molecule has 0 aliphatic carbocycles. The number of rotatable bonds is 5. The van der Waals surface area contributed by atoms with Crippen LogP contribution < -0.4 is 5.32 Å². The first kappa shape index (κ1) is 16.1. The lowest BCUT2D eigenvalue weighted by atomic mass is 10.1. The van der Waals surface area contributed by atoms with Crippen molar-refractivity contribution in [3.63, 3.8) is 0 Å². The fourth-order valence-corrected chi connectivity index (χ4v) is 2.16. The van der Waals surface area contributed by atoms with Crippen molar-refractivity contribution in [2.75, 3.05) is 13.2 Å². The van der Waals surface area contributed by atoms with E-state index in [-0.39, 0.29) is 13.2 Å². The highest BCUT2D eigenvalue weighted by atomic mass is 35.5. The molecule has 118 valence electrons. The van der Waals surface area contributed by atoms with Crippen molar-refractivity contribution >= 4 is 29.6 Å². The van der Waals surface area contributed by atoms with Gasteiger partial charge < -0.3 is 15.3 Å². The number of aliphatic carboxylic acids is 1. The van der Waals surface area contributed by atoms with Gasteiger partial charge in [-0.2, -0.15) is 0 Å². The third-order valence-electron chi connectivity index (χ3n) is 3.33. The van der Waals surface area contributed by atoms with Crippen molar-refractivity contribution in [1.29, 1.82) is 0 Å². The normalized spacial score (nSPS) is 16.5. The van der Waals surface area contributed by atoms with E-state index in [1.807, 2.05) is 0 Å². The Balaban J connectivity index is 2.07. The number of imide groups is 1. The lowest BCUT2D eigenvalue weighted by Crippen LogP contribution is -2.60. The minimum Gasteiger partial charge on any atom is -0.481 e. The van der Waals surface area contributed by atoms with Gasteiger partial charge in [-0.1, -0.05) is 30.7 Å². The van der Waals surface area contributed by atoms with Crippen LogP contribution in [-0.2, 0) is 11.3 Å². The van der Waals surface area contributed by atoms with Gasteiger partial charge in [0.1, 0.15) is 0 Å². The van der Waals surface area contributed by atoms with Gasteiger partial charge in [-0.15, -0.1) is 0 Å². The van der Waals surface area contributed by atoms with Gasteiger partial charge in [0.25, 0.3) is 0 Å². The smallest absolute Gasteiger partial charge is 0.329 e. The lowest BCUT2D eigenvalue weighted by Gasteiger charge is -2.35. The number of carbonyl (C=O) groups is 3. The topological polar surface area (TPSA) is 90.0 Å². The van der Waals surface area contributed by atoms with E-state index in [1.165, 1.54) is 11.8 Å². The molecule has 0 radical (unpaired) electrons. The van der Waals surface area contributed by atoms with Crippen LogP contribution in [0.15, 0.2) is 24.3 Å². The fourth-order valence-electron chi connectivity index (χ4n) is 2.03. The maximum atomic E-state index is 12.3. The molecule has 7 nitrogen and oxygen atoms in total. The van der Waals surface area contributed by atoms with E-state index in [2.05, 4.69) is 5.32 Å². The number of carboxylic acids is 1. The lowest BCUT2D eigenvalue weighted by molar-refractivity contribution is -0.141. The number of benzene rings is 1. The summed E-state index contributed by atoms with van der Waals surface area (Å²) in [6.45, 7) is 1.66. The maximum absolute atomic E-state index is 12.3. The molecule has 1 fully saturated rings. The first-order chi connectivity index (χ1) is 10.4. The highest BCUT2D eigenvalue weighted by Crippen LogP contribution is 2.15. The Kier molecular flexibility index (Phi) is 4.87. The molecule has 1 atom stereocenters. The molecule has 1 heterocycles. The third kappa shape index (κ3) is 3.67. The van der Waals surface area contributed by atoms with Crippen molar-refractivity contribution in [2.45, 2.75) is 13.5 Å². The highest BCUT2D eigenvalue weighted by Gasteiger charge is 2.33. The largest absolute Gasteiger partial charge is 0.481 e. The summed E-state index contributed by atoms with van der Waals surface area (Å²) in [4.78, 5) is 37.3. The molecule has 0 saturated carbocycles. The summed E-state index contributed by atoms with van der Waals surface area (Å²) in [5, 5.41) is 12.1. The molecule has 2 rings (SSSR count). The Morgan fingerprint density at radius 2 is 2.00 bits per heavy atom. The van der Waals surface area contributed by atoms with Crippen LogP contribution in [-0.4, -0.2) is 46.2 Å². The average molecular weight is 326 g/mol. The van der Waals surface area contributed by atoms with Gasteiger partial charge in [0.2, 0.25) is 0 Å². The van der Waals surface area contributed by atoms with E-state index in [0.29, 0.717) is 11.6 Å². The molecule has 4 amide bonds. The average Bonchev–Trinajstić information content (AvgIpc) is 2.48. The number of amides is 4. The minimum absolute atomic E-state index is 0.0816. The summed E-state index contributed by atoms with van der Waals surface area (Å²) >= 11 is 5.81. The number of hydrogen-bond acceptors (Lipinski definition) is 3. The number of carboxylic acid groups (broad SMARTS) is 1. The van der Waals surface area contributed by atoms with E-state index in [9.17, 15) is 14.4 Å². The van der Waals surface area contributed by atoms with Crippen molar-refractivity contribution in [3.8, 4) is 0 Å². The van der Waals surface area contributed by atoms with Gasteiger partial charge in [0, 0.05) is 18.1 Å². The standard InChI is InChI=1S/C14H16ClN3O4/c1-9(12(19)20)6-18-13(21)16-8-17(14(18)22)7-10-2-4-11(15)5-3-10/h2-5,9H,6-8H2,1H3,(H,16,21)(H,19,20)/t9-/m0/s1. The van der Waals surface area contributed by atoms with E-state index in [0.717, 1.165) is 10.5 Å². The van der Waals surface area contributed by atoms with Crippen LogP contribution >= 0.6 is 11.6 Å². The molecule has 22 heavy (non-hydrogen) atoms. The van der Waals surface area contributed by atoms with Crippen LogP contribution in [0.25, 0.3) is 0 Å². The van der Waals surface area contributed by atoms with Crippen molar-refractivity contribution in [1.82, 2.24) is 15.1 Å². The Labute approximate surface area is 132 Å². The number of nitrogens with one attached hydrogen (secondary N) is 1. The Bertz CT molecular complexity index is 590. The molecule has 2 N–H and O–H groups in total. The van der Waals surface area contributed by atoms with E-state index >= 15 is 0 Å². The molecule has 0 aromatic heterocycles. The zero-order chi connectivity index (χ0) is 16.3. The molecule has 8 heteroatoms. The van der Waals surface area contributed by atoms with Crippen molar-refractivity contribution < 1.29 is 19.5 Å². The Hall–Kier alpha value is -2.28. The van der Waals surface area contributed by atoms with Gasteiger partial charge >= 0.3 is 18.0 Å². The molecule has 0 spiro atoms. The molecule has 1 aliphatic rings. The Morgan fingerprint density at radius 3 is 2.59 bits per heavy atom. The second-order valence-electron chi connectivity index (χ2n) is 5.10. The van der Waals surface area contributed by atoms with Gasteiger partial charge in [0.05, 0.1) is 12.6 Å². The number of hydrogen-bond donors (Lipinski definition) is 2. The summed E-state index contributed by atoms with van der Waals surface area (Å²) in [7, 11) is 0. The molecule has 0 unspecified atom stereocenters. The first-order valence-electron chi connectivity index (χ1n) is 6.70. The molecule has 1 aromatic carbocycles. The van der Waals surface area contributed by atoms with E-state index in [4.69, 9.17) is 16.7 Å². The number of halogens is 1. The SMILES string of the molecule is C[C@@H](CN1C(=O)NCN(Cc2ccc(Cl)cc2)C1=O)C(=O)O. The summed E-state index contributed by atoms with van der Waals surface area (Å²) < 4.78 is 0. The van der Waals surface area contributed by atoms with Crippen LogP contribution in [0.5, 0.6) is 0 Å². The summed E-state index contributed by atoms with van der Waals surface area (Å²) in [6.07, 6.45) is 0. The van der Waals surface area contributed by atoms with E-state index in [1.54, 1.807) is 24.3 Å². The minimum atomic E-state index is -1.06. The van der Waals surface area contributed by atoms with Crippen LogP contribution in [0.2, 0.25) is 5.02 Å². The molecule has 0 bridgehead atoms. The van der Waals surface area contributed by atoms with Crippen LogP contribution in [0.4, 0.5) is 9.59 Å². The third-order valence-corrected chi connectivity index (χ3v) is 3.58. The van der Waals surface area contributed by atoms with Gasteiger partial charge in [0.15, 0.2) is 0 Å². The molecular weight excluding hydrogens is 310 g/mol. The first-order valence-corrected chi connectivity index (χ1v) is 7.08. The number of carbonyl (C=O) groups excluding carboxylic acids is 2. The molecular formula is C14H16ClN3O4. The monoisotopic (exact) mass is 325 g/mol. The number of urea groups is 2. The number of nitrogens with zero attached hydrogens (tertiary/aromatic N) is 2. The quantitative estimate of drug-likeness (QED) is 0.866.